The van der Waals surface area contributed by atoms with Gasteiger partial charge in [-0.3, -0.25) is 14.7 Å². The second kappa shape index (κ2) is 10.3. The molecule has 39 heavy (non-hydrogen) atoms. The molecule has 0 atom stereocenters. The first-order valence-electron chi connectivity index (χ1n) is 12.2. The van der Waals surface area contributed by atoms with Gasteiger partial charge in [0, 0.05) is 54.6 Å². The highest BCUT2D eigenvalue weighted by Crippen LogP contribution is 2.37. The van der Waals surface area contributed by atoms with E-state index in [-0.39, 0.29) is 18.0 Å². The number of nitrogens with one attached hydrogen (secondary N) is 1. The van der Waals surface area contributed by atoms with Gasteiger partial charge in [-0.2, -0.15) is 5.10 Å². The van der Waals surface area contributed by atoms with Crippen LogP contribution in [0.2, 0.25) is 0 Å². The molecule has 0 fully saturated rings. The highest BCUT2D eigenvalue weighted by molar-refractivity contribution is 5.87. The number of hydrogen-bond donors (Lipinski definition) is 1. The SMILES string of the molecule is COc1cc(OC)c(F)c(N(Cc2ncc[nH]2)c2ccc3ncc(-c4cnn(CC5=NC=CC5)c4)nc3n2)c1. The molecule has 0 aliphatic carbocycles. The maximum absolute atomic E-state index is 15.6. The van der Waals surface area contributed by atoms with E-state index in [9.17, 15) is 0 Å². The Morgan fingerprint density at radius 1 is 1.10 bits per heavy atom. The zero-order valence-corrected chi connectivity index (χ0v) is 21.2. The van der Waals surface area contributed by atoms with Gasteiger partial charge in [0.1, 0.15) is 22.9 Å². The van der Waals surface area contributed by atoms with E-state index in [1.165, 1.54) is 20.3 Å². The molecular formula is C27H24FN9O2. The minimum absolute atomic E-state index is 0.0491. The molecule has 0 amide bonds. The molecule has 0 radical (unpaired) electrons. The molecule has 1 aromatic carbocycles. The molecule has 5 aromatic rings. The number of aromatic amines is 1. The van der Waals surface area contributed by atoms with E-state index in [2.05, 4.69) is 25.0 Å². The predicted molar refractivity (Wildman–Crippen MR) is 144 cm³/mol. The Hall–Kier alpha value is -5.13. The normalized spacial score (nSPS) is 12.6. The van der Waals surface area contributed by atoms with Gasteiger partial charge in [0.2, 0.25) is 0 Å². The van der Waals surface area contributed by atoms with Crippen molar-refractivity contribution in [2.24, 2.45) is 4.99 Å². The number of H-pyrrole nitrogens is 1. The van der Waals surface area contributed by atoms with Crippen LogP contribution in [-0.4, -0.2) is 54.6 Å². The lowest BCUT2D eigenvalue weighted by Gasteiger charge is -2.25. The number of pyridine rings is 1. The summed E-state index contributed by atoms with van der Waals surface area (Å²) >= 11 is 0. The number of halogens is 1. The van der Waals surface area contributed by atoms with Crippen molar-refractivity contribution in [1.82, 2.24) is 34.7 Å². The summed E-state index contributed by atoms with van der Waals surface area (Å²) in [5.74, 6) is 0.996. The summed E-state index contributed by atoms with van der Waals surface area (Å²) in [6, 6.07) is 6.64. The monoisotopic (exact) mass is 525 g/mol. The van der Waals surface area contributed by atoms with Crippen molar-refractivity contribution in [3.63, 3.8) is 0 Å². The number of fused-ring (bicyclic) bond motifs is 1. The molecule has 5 heterocycles. The number of anilines is 2. The van der Waals surface area contributed by atoms with Crippen molar-refractivity contribution >= 4 is 28.4 Å². The van der Waals surface area contributed by atoms with Crippen LogP contribution >= 0.6 is 0 Å². The molecule has 0 saturated carbocycles. The van der Waals surface area contributed by atoms with Crippen LogP contribution in [-0.2, 0) is 13.1 Å². The summed E-state index contributed by atoms with van der Waals surface area (Å²) in [5.41, 5.74) is 3.68. The fourth-order valence-corrected chi connectivity index (χ4v) is 4.30. The van der Waals surface area contributed by atoms with E-state index in [4.69, 9.17) is 19.4 Å². The van der Waals surface area contributed by atoms with Crippen molar-refractivity contribution in [3.8, 4) is 22.8 Å². The molecule has 1 aliphatic rings. The third-order valence-electron chi connectivity index (χ3n) is 6.26. The Bertz CT molecular complexity index is 1700. The molecule has 1 aliphatic heterocycles. The van der Waals surface area contributed by atoms with Gasteiger partial charge >= 0.3 is 0 Å². The van der Waals surface area contributed by atoms with Crippen LogP contribution in [0.25, 0.3) is 22.4 Å². The van der Waals surface area contributed by atoms with Crippen LogP contribution in [0.4, 0.5) is 15.9 Å². The Labute approximate surface area is 222 Å². The molecule has 0 saturated heterocycles. The van der Waals surface area contributed by atoms with Crippen molar-refractivity contribution in [3.05, 3.63) is 79.2 Å². The lowest BCUT2D eigenvalue weighted by atomic mass is 10.2. The Balaban J connectivity index is 1.39. The Morgan fingerprint density at radius 2 is 2.03 bits per heavy atom. The van der Waals surface area contributed by atoms with Gasteiger partial charge in [-0.25, -0.2) is 19.3 Å². The fourth-order valence-electron chi connectivity index (χ4n) is 4.30. The van der Waals surface area contributed by atoms with Gasteiger partial charge in [-0.15, -0.1) is 0 Å². The summed E-state index contributed by atoms with van der Waals surface area (Å²) in [6.07, 6.45) is 13.3. The number of aliphatic imine (C=N–C) groups is 1. The van der Waals surface area contributed by atoms with Gasteiger partial charge in [0.05, 0.1) is 51.1 Å². The number of hydrogen-bond acceptors (Lipinski definition) is 9. The van der Waals surface area contributed by atoms with Gasteiger partial charge < -0.3 is 19.4 Å². The maximum atomic E-state index is 15.6. The van der Waals surface area contributed by atoms with Crippen LogP contribution in [0.1, 0.15) is 12.2 Å². The number of aromatic nitrogens is 7. The molecular weight excluding hydrogens is 501 g/mol. The highest BCUT2D eigenvalue weighted by atomic mass is 19.1. The molecule has 196 valence electrons. The third kappa shape index (κ3) is 4.91. The van der Waals surface area contributed by atoms with E-state index in [1.54, 1.807) is 54.1 Å². The zero-order valence-electron chi connectivity index (χ0n) is 21.2. The Morgan fingerprint density at radius 3 is 2.79 bits per heavy atom. The average molecular weight is 526 g/mol. The fraction of sp³-hybridized carbons (Fsp3) is 0.185. The maximum Gasteiger partial charge on any atom is 0.188 e. The first-order chi connectivity index (χ1) is 19.1. The second-order valence-electron chi connectivity index (χ2n) is 8.76. The average Bonchev–Trinajstić information content (AvgIpc) is 3.76. The number of nitrogens with zero attached hydrogens (tertiary/aromatic N) is 8. The van der Waals surface area contributed by atoms with Gasteiger partial charge in [-0.1, -0.05) is 6.08 Å². The molecule has 11 nitrogen and oxygen atoms in total. The third-order valence-corrected chi connectivity index (χ3v) is 6.26. The minimum Gasteiger partial charge on any atom is -0.497 e. The van der Waals surface area contributed by atoms with Crippen LogP contribution in [0.5, 0.6) is 11.5 Å². The summed E-state index contributed by atoms with van der Waals surface area (Å²) in [6.45, 7) is 0.811. The standard InChI is InChI=1S/C27H24FN9O2/c1-38-19-10-22(26(28)23(11-19)39-2)37(16-24-30-8-9-31-24)25-6-5-20-27(35-25)34-21(13-32-20)17-12-33-36(14-17)15-18-4-3-7-29-18/h3,5-14H,4,15-16H2,1-2H3,(H,30,31). The summed E-state index contributed by atoms with van der Waals surface area (Å²) in [5, 5.41) is 4.44. The van der Waals surface area contributed by atoms with E-state index >= 15 is 4.39 Å². The molecule has 0 unspecified atom stereocenters. The lowest BCUT2D eigenvalue weighted by Crippen LogP contribution is -2.20. The second-order valence-corrected chi connectivity index (χ2v) is 8.76. The van der Waals surface area contributed by atoms with E-state index in [1.807, 2.05) is 17.0 Å². The molecule has 0 spiro atoms. The largest absolute Gasteiger partial charge is 0.497 e. The summed E-state index contributed by atoms with van der Waals surface area (Å²) in [7, 11) is 2.92. The van der Waals surface area contributed by atoms with E-state index in [0.717, 1.165) is 17.7 Å². The highest BCUT2D eigenvalue weighted by Gasteiger charge is 2.22. The van der Waals surface area contributed by atoms with Crippen LogP contribution < -0.4 is 14.4 Å². The number of imidazole rings is 1. The van der Waals surface area contributed by atoms with Gasteiger partial charge in [0.25, 0.3) is 0 Å². The van der Waals surface area contributed by atoms with Crippen LogP contribution in [0.3, 0.4) is 0 Å². The number of ether oxygens (including phenoxy) is 2. The minimum atomic E-state index is -0.555. The first-order valence-corrected chi connectivity index (χ1v) is 12.2. The smallest absolute Gasteiger partial charge is 0.188 e. The van der Waals surface area contributed by atoms with Crippen LogP contribution in [0, 0.1) is 5.82 Å². The predicted octanol–water partition coefficient (Wildman–Crippen LogP) is 4.46. The molecule has 4 aromatic heterocycles. The van der Waals surface area contributed by atoms with Gasteiger partial charge in [0.15, 0.2) is 17.2 Å². The first kappa shape index (κ1) is 24.2. The zero-order chi connectivity index (χ0) is 26.8. The van der Waals surface area contributed by atoms with Crippen molar-refractivity contribution in [2.75, 3.05) is 19.1 Å². The van der Waals surface area contributed by atoms with Crippen molar-refractivity contribution in [1.29, 1.82) is 0 Å². The quantitative estimate of drug-likeness (QED) is 0.300. The van der Waals surface area contributed by atoms with Crippen molar-refractivity contribution in [2.45, 2.75) is 19.5 Å². The van der Waals surface area contributed by atoms with Crippen LogP contribution in [0.15, 0.2) is 72.5 Å². The molecule has 12 heteroatoms. The topological polar surface area (TPSA) is 119 Å². The van der Waals surface area contributed by atoms with Crippen molar-refractivity contribution < 1.29 is 13.9 Å². The molecule has 0 bridgehead atoms. The summed E-state index contributed by atoms with van der Waals surface area (Å²) < 4.78 is 28.0. The van der Waals surface area contributed by atoms with E-state index < -0.39 is 5.82 Å². The molecule has 6 rings (SSSR count). The number of methoxy groups -OCH3 is 2. The van der Waals surface area contributed by atoms with E-state index in [0.29, 0.717) is 40.8 Å². The Kier molecular flexibility index (Phi) is 6.41. The number of benzene rings is 1. The van der Waals surface area contributed by atoms with Gasteiger partial charge in [-0.05, 0) is 12.1 Å². The molecule has 1 N–H and O–H groups in total. The number of allylic oxidation sites excluding steroid dienone is 1. The summed E-state index contributed by atoms with van der Waals surface area (Å²) in [4.78, 5) is 27.5. The lowest BCUT2D eigenvalue weighted by molar-refractivity contribution is 0.374. The number of rotatable bonds is 9.